The first-order valence-corrected chi connectivity index (χ1v) is 6.53. The van der Waals surface area contributed by atoms with Gasteiger partial charge in [-0.25, -0.2) is 4.98 Å². The fourth-order valence-electron chi connectivity index (χ4n) is 2.26. The number of imidazole rings is 1. The van der Waals surface area contributed by atoms with Crippen LogP contribution in [-0.2, 0) is 20.1 Å². The van der Waals surface area contributed by atoms with Gasteiger partial charge in [-0.2, -0.15) is 0 Å². The first-order chi connectivity index (χ1) is 9.11. The Labute approximate surface area is 115 Å². The van der Waals surface area contributed by atoms with Crippen LogP contribution in [0.3, 0.4) is 0 Å². The highest BCUT2D eigenvalue weighted by Crippen LogP contribution is 2.22. The van der Waals surface area contributed by atoms with Gasteiger partial charge in [0.05, 0.1) is 6.54 Å². The number of hydrogen-bond donors (Lipinski definition) is 1. The van der Waals surface area contributed by atoms with Gasteiger partial charge in [0.1, 0.15) is 5.82 Å². The minimum Gasteiger partial charge on any atom is -0.367 e. The first-order valence-electron chi connectivity index (χ1n) is 6.53. The van der Waals surface area contributed by atoms with Gasteiger partial charge in [-0.3, -0.25) is 0 Å². The van der Waals surface area contributed by atoms with Crippen LogP contribution in [0.1, 0.15) is 17.0 Å². The molecule has 0 bridgehead atoms. The molecule has 2 rings (SSSR count). The molecule has 1 aromatic carbocycles. The lowest BCUT2D eigenvalue weighted by atomic mass is 10.1. The third kappa shape index (κ3) is 3.15. The highest BCUT2D eigenvalue weighted by molar-refractivity contribution is 5.54. The molecule has 0 aliphatic rings. The van der Waals surface area contributed by atoms with Gasteiger partial charge >= 0.3 is 0 Å². The van der Waals surface area contributed by atoms with Gasteiger partial charge in [-0.15, -0.1) is 0 Å². The lowest BCUT2D eigenvalue weighted by molar-refractivity contribution is 0.751. The van der Waals surface area contributed by atoms with Gasteiger partial charge in [-0.1, -0.05) is 17.7 Å². The quantitative estimate of drug-likeness (QED) is 0.891. The smallest absolute Gasteiger partial charge is 0.127 e. The van der Waals surface area contributed by atoms with Crippen LogP contribution in [0.5, 0.6) is 0 Å². The van der Waals surface area contributed by atoms with Crippen LogP contribution in [-0.4, -0.2) is 23.6 Å². The predicted molar refractivity (Wildman–Crippen MR) is 79.3 cm³/mol. The number of nitrogens with zero attached hydrogens (tertiary/aromatic N) is 3. The van der Waals surface area contributed by atoms with Gasteiger partial charge < -0.3 is 14.8 Å². The van der Waals surface area contributed by atoms with E-state index in [0.717, 1.165) is 18.9 Å². The summed E-state index contributed by atoms with van der Waals surface area (Å²) >= 11 is 0. The number of aryl methyl sites for hydroxylation is 2. The Morgan fingerprint density at radius 1 is 1.37 bits per heavy atom. The van der Waals surface area contributed by atoms with Crippen molar-refractivity contribution in [3.63, 3.8) is 0 Å². The van der Waals surface area contributed by atoms with Crippen LogP contribution in [0.25, 0.3) is 0 Å². The molecule has 0 atom stereocenters. The SMILES string of the molecule is CNCc1cc(C)ccc1N(C)Cc1nccn1C. The average Bonchev–Trinajstić information content (AvgIpc) is 2.75. The summed E-state index contributed by atoms with van der Waals surface area (Å²) in [4.78, 5) is 6.62. The lowest BCUT2D eigenvalue weighted by Gasteiger charge is -2.22. The minimum atomic E-state index is 0.809. The Hall–Kier alpha value is -1.81. The number of nitrogens with one attached hydrogen (secondary N) is 1. The van der Waals surface area contributed by atoms with Crippen LogP contribution in [0.4, 0.5) is 5.69 Å². The molecule has 1 heterocycles. The number of aromatic nitrogens is 2. The topological polar surface area (TPSA) is 33.1 Å². The van der Waals surface area contributed by atoms with Crippen molar-refractivity contribution in [2.24, 2.45) is 7.05 Å². The van der Waals surface area contributed by atoms with Crippen molar-refractivity contribution in [2.45, 2.75) is 20.0 Å². The summed E-state index contributed by atoms with van der Waals surface area (Å²) in [5.74, 6) is 1.07. The molecular weight excluding hydrogens is 236 g/mol. The Morgan fingerprint density at radius 2 is 2.16 bits per heavy atom. The average molecular weight is 258 g/mol. The fraction of sp³-hybridized carbons (Fsp3) is 0.400. The molecule has 0 spiro atoms. The summed E-state index contributed by atoms with van der Waals surface area (Å²) < 4.78 is 2.06. The molecule has 0 saturated heterocycles. The molecule has 4 heteroatoms. The Balaban J connectivity index is 2.23. The molecule has 0 saturated carbocycles. The zero-order valence-electron chi connectivity index (χ0n) is 12.1. The molecule has 0 fully saturated rings. The van der Waals surface area contributed by atoms with E-state index in [0.29, 0.717) is 0 Å². The number of rotatable bonds is 5. The van der Waals surface area contributed by atoms with Crippen molar-refractivity contribution >= 4 is 5.69 Å². The van der Waals surface area contributed by atoms with E-state index in [-0.39, 0.29) is 0 Å². The van der Waals surface area contributed by atoms with E-state index < -0.39 is 0 Å². The molecule has 1 aromatic heterocycles. The molecule has 0 amide bonds. The summed E-state index contributed by atoms with van der Waals surface area (Å²) in [5, 5.41) is 3.23. The third-order valence-electron chi connectivity index (χ3n) is 3.31. The van der Waals surface area contributed by atoms with Crippen molar-refractivity contribution in [2.75, 3.05) is 19.0 Å². The largest absolute Gasteiger partial charge is 0.367 e. The molecular formula is C15H22N4. The van der Waals surface area contributed by atoms with Gasteiger partial charge in [0.25, 0.3) is 0 Å². The van der Waals surface area contributed by atoms with Crippen molar-refractivity contribution < 1.29 is 0 Å². The van der Waals surface area contributed by atoms with Crippen LogP contribution in [0.2, 0.25) is 0 Å². The van der Waals surface area contributed by atoms with E-state index in [2.05, 4.69) is 51.9 Å². The van der Waals surface area contributed by atoms with E-state index in [1.165, 1.54) is 16.8 Å². The second-order valence-corrected chi connectivity index (χ2v) is 4.97. The third-order valence-corrected chi connectivity index (χ3v) is 3.31. The maximum atomic E-state index is 4.38. The number of anilines is 1. The van der Waals surface area contributed by atoms with Crippen molar-refractivity contribution in [1.82, 2.24) is 14.9 Å². The van der Waals surface area contributed by atoms with Crippen molar-refractivity contribution in [3.05, 3.63) is 47.5 Å². The van der Waals surface area contributed by atoms with Crippen LogP contribution >= 0.6 is 0 Å². The zero-order valence-corrected chi connectivity index (χ0v) is 12.1. The van der Waals surface area contributed by atoms with E-state index in [1.807, 2.05) is 26.5 Å². The maximum absolute atomic E-state index is 4.38. The Kier molecular flexibility index (Phi) is 4.22. The highest BCUT2D eigenvalue weighted by atomic mass is 15.2. The molecule has 4 nitrogen and oxygen atoms in total. The molecule has 2 aromatic rings. The Morgan fingerprint density at radius 3 is 2.79 bits per heavy atom. The summed E-state index contributed by atoms with van der Waals surface area (Å²) in [5.41, 5.74) is 3.86. The maximum Gasteiger partial charge on any atom is 0.127 e. The normalized spacial score (nSPS) is 10.7. The second-order valence-electron chi connectivity index (χ2n) is 4.97. The van der Waals surface area contributed by atoms with Crippen LogP contribution < -0.4 is 10.2 Å². The lowest BCUT2D eigenvalue weighted by Crippen LogP contribution is -2.21. The van der Waals surface area contributed by atoms with Gasteiger partial charge in [-0.05, 0) is 25.6 Å². The minimum absolute atomic E-state index is 0.809. The van der Waals surface area contributed by atoms with Crippen LogP contribution in [0.15, 0.2) is 30.6 Å². The van der Waals surface area contributed by atoms with E-state index >= 15 is 0 Å². The molecule has 1 N–H and O–H groups in total. The molecule has 0 aliphatic heterocycles. The number of hydrogen-bond acceptors (Lipinski definition) is 3. The molecule has 0 aliphatic carbocycles. The monoisotopic (exact) mass is 258 g/mol. The molecule has 19 heavy (non-hydrogen) atoms. The second kappa shape index (κ2) is 5.89. The van der Waals surface area contributed by atoms with Gasteiger partial charge in [0.15, 0.2) is 0 Å². The first kappa shape index (κ1) is 13.6. The van der Waals surface area contributed by atoms with Crippen molar-refractivity contribution in [3.8, 4) is 0 Å². The van der Waals surface area contributed by atoms with Gasteiger partial charge in [0.2, 0.25) is 0 Å². The van der Waals surface area contributed by atoms with Gasteiger partial charge in [0, 0.05) is 38.7 Å². The summed E-state index contributed by atoms with van der Waals surface area (Å²) in [7, 11) is 6.11. The van der Waals surface area contributed by atoms with E-state index in [1.54, 1.807) is 0 Å². The Bertz CT molecular complexity index is 545. The van der Waals surface area contributed by atoms with Crippen LogP contribution in [0, 0.1) is 6.92 Å². The molecule has 0 radical (unpaired) electrons. The fourth-order valence-corrected chi connectivity index (χ4v) is 2.26. The highest BCUT2D eigenvalue weighted by Gasteiger charge is 2.10. The zero-order chi connectivity index (χ0) is 13.8. The molecule has 102 valence electrons. The summed E-state index contributed by atoms with van der Waals surface area (Å²) in [6.07, 6.45) is 3.82. The standard InChI is InChI=1S/C15H22N4/c1-12-5-6-14(13(9-12)10-16-2)19(4)11-15-17-7-8-18(15)3/h5-9,16H,10-11H2,1-4H3. The van der Waals surface area contributed by atoms with E-state index in [4.69, 9.17) is 0 Å². The van der Waals surface area contributed by atoms with E-state index in [9.17, 15) is 0 Å². The summed E-state index contributed by atoms with van der Waals surface area (Å²) in [6, 6.07) is 6.58. The van der Waals surface area contributed by atoms with Crippen molar-refractivity contribution in [1.29, 1.82) is 0 Å². The number of benzene rings is 1. The predicted octanol–water partition coefficient (Wildman–Crippen LogP) is 2.08. The summed E-state index contributed by atoms with van der Waals surface area (Å²) in [6.45, 7) is 3.81. The molecule has 0 unspecified atom stereocenters.